The molecule has 0 fully saturated rings. The Morgan fingerprint density at radius 2 is 2.19 bits per heavy atom. The van der Waals surface area contributed by atoms with Crippen LogP contribution in [-0.2, 0) is 19.5 Å². The fourth-order valence-corrected chi connectivity index (χ4v) is 3.14. The number of nitro groups is 1. The number of hydrogen-bond acceptors (Lipinski definition) is 7. The van der Waals surface area contributed by atoms with Gasteiger partial charge in [0.05, 0.1) is 17.2 Å². The first kappa shape index (κ1) is 16.2. The summed E-state index contributed by atoms with van der Waals surface area (Å²) in [5.41, 5.74) is 8.46. The van der Waals surface area contributed by atoms with E-state index in [4.69, 9.17) is 10.2 Å². The van der Waals surface area contributed by atoms with Gasteiger partial charge < -0.3 is 10.2 Å². The van der Waals surface area contributed by atoms with E-state index in [0.29, 0.717) is 23.8 Å². The maximum atomic E-state index is 10.9. The lowest BCUT2D eigenvalue weighted by atomic mass is 10.1. The lowest BCUT2D eigenvalue weighted by molar-refractivity contribution is -0.384. The minimum atomic E-state index is -0.409. The number of anilines is 1. The van der Waals surface area contributed by atoms with Crippen molar-refractivity contribution in [3.8, 4) is 11.3 Å². The maximum Gasteiger partial charge on any atom is 0.270 e. The van der Waals surface area contributed by atoms with E-state index < -0.39 is 4.92 Å². The van der Waals surface area contributed by atoms with Crippen molar-refractivity contribution in [3.05, 3.63) is 69.7 Å². The predicted octanol–water partition coefficient (Wildman–Crippen LogP) is 2.79. The van der Waals surface area contributed by atoms with E-state index in [1.165, 1.54) is 12.1 Å². The van der Waals surface area contributed by atoms with Crippen LogP contribution in [0.25, 0.3) is 11.3 Å². The first-order valence-electron chi connectivity index (χ1n) is 8.24. The van der Waals surface area contributed by atoms with Crippen LogP contribution < -0.4 is 5.73 Å². The molecule has 0 saturated carbocycles. The van der Waals surface area contributed by atoms with Crippen molar-refractivity contribution in [2.45, 2.75) is 19.5 Å². The van der Waals surface area contributed by atoms with Gasteiger partial charge in [-0.2, -0.15) is 0 Å². The third-order valence-corrected chi connectivity index (χ3v) is 4.41. The number of nitro benzene ring substituents is 1. The molecule has 3 heterocycles. The Morgan fingerprint density at radius 3 is 3.04 bits per heavy atom. The second-order valence-corrected chi connectivity index (χ2v) is 6.23. The lowest BCUT2D eigenvalue weighted by Gasteiger charge is -2.26. The maximum absolute atomic E-state index is 10.9. The molecule has 0 spiro atoms. The summed E-state index contributed by atoms with van der Waals surface area (Å²) in [7, 11) is 0. The first-order valence-corrected chi connectivity index (χ1v) is 8.24. The highest BCUT2D eigenvalue weighted by atomic mass is 16.6. The molecule has 2 N–H and O–H groups in total. The highest BCUT2D eigenvalue weighted by Gasteiger charge is 2.19. The van der Waals surface area contributed by atoms with Crippen molar-refractivity contribution in [1.82, 2.24) is 14.9 Å². The van der Waals surface area contributed by atoms with E-state index in [9.17, 15) is 10.1 Å². The third kappa shape index (κ3) is 3.27. The number of nitrogens with two attached hydrogens (primary N) is 1. The van der Waals surface area contributed by atoms with Gasteiger partial charge in [-0.25, -0.2) is 9.97 Å². The van der Waals surface area contributed by atoms with Gasteiger partial charge in [0, 0.05) is 49.0 Å². The Labute approximate surface area is 149 Å². The summed E-state index contributed by atoms with van der Waals surface area (Å²) in [4.78, 5) is 21.1. The van der Waals surface area contributed by atoms with Crippen molar-refractivity contribution >= 4 is 11.6 Å². The van der Waals surface area contributed by atoms with Crippen molar-refractivity contribution in [2.24, 2.45) is 0 Å². The molecular formula is C18H17N5O3. The Morgan fingerprint density at radius 1 is 1.31 bits per heavy atom. The predicted molar refractivity (Wildman–Crippen MR) is 95.1 cm³/mol. The van der Waals surface area contributed by atoms with E-state index >= 15 is 0 Å². The van der Waals surface area contributed by atoms with Crippen LogP contribution in [0.5, 0.6) is 0 Å². The van der Waals surface area contributed by atoms with Gasteiger partial charge in [0.2, 0.25) is 5.95 Å². The molecule has 0 aliphatic carbocycles. The van der Waals surface area contributed by atoms with Gasteiger partial charge in [-0.15, -0.1) is 0 Å². The smallest absolute Gasteiger partial charge is 0.270 e. The minimum absolute atomic E-state index is 0.0485. The van der Waals surface area contributed by atoms with Gasteiger partial charge in [-0.3, -0.25) is 15.0 Å². The number of nitrogens with zero attached hydrogens (tertiary/aromatic N) is 4. The molecule has 132 valence electrons. The molecule has 26 heavy (non-hydrogen) atoms. The molecule has 1 aliphatic heterocycles. The number of hydrogen-bond donors (Lipinski definition) is 1. The Bertz CT molecular complexity index is 969. The Balaban J connectivity index is 1.48. The fourth-order valence-electron chi connectivity index (χ4n) is 3.14. The third-order valence-electron chi connectivity index (χ3n) is 4.41. The fraction of sp³-hybridized carbons (Fsp3) is 0.222. The zero-order valence-electron chi connectivity index (χ0n) is 14.0. The first-order chi connectivity index (χ1) is 12.6. The van der Waals surface area contributed by atoms with Crippen LogP contribution in [0.4, 0.5) is 11.6 Å². The molecule has 1 aliphatic rings. The topological polar surface area (TPSA) is 111 Å². The SMILES string of the molecule is Nc1ncc2c(n1)CCN(Cc1ccc(-c3cccc([N+](=O)[O-])c3)o1)C2. The second-order valence-electron chi connectivity index (χ2n) is 6.23. The summed E-state index contributed by atoms with van der Waals surface area (Å²) in [5.74, 6) is 1.74. The van der Waals surface area contributed by atoms with Crippen LogP contribution >= 0.6 is 0 Å². The van der Waals surface area contributed by atoms with E-state index in [1.54, 1.807) is 18.3 Å². The molecule has 0 atom stereocenters. The molecule has 8 heteroatoms. The number of nitrogen functional groups attached to an aromatic ring is 1. The number of non-ortho nitro benzene ring substituents is 1. The summed E-state index contributed by atoms with van der Waals surface area (Å²) in [5, 5.41) is 10.9. The molecule has 3 aromatic rings. The van der Waals surface area contributed by atoms with Gasteiger partial charge in [-0.05, 0) is 12.1 Å². The van der Waals surface area contributed by atoms with Crippen LogP contribution in [0, 0.1) is 10.1 Å². The summed E-state index contributed by atoms with van der Waals surface area (Å²) >= 11 is 0. The van der Waals surface area contributed by atoms with E-state index in [2.05, 4.69) is 14.9 Å². The minimum Gasteiger partial charge on any atom is -0.460 e. The van der Waals surface area contributed by atoms with Gasteiger partial charge in [0.15, 0.2) is 0 Å². The van der Waals surface area contributed by atoms with Crippen LogP contribution in [0.15, 0.2) is 47.0 Å². The van der Waals surface area contributed by atoms with Crippen LogP contribution in [0.3, 0.4) is 0 Å². The summed E-state index contributed by atoms with van der Waals surface area (Å²) in [6.07, 6.45) is 2.60. The number of aromatic nitrogens is 2. The number of fused-ring (bicyclic) bond motifs is 1. The molecule has 2 aromatic heterocycles. The van der Waals surface area contributed by atoms with E-state index in [0.717, 1.165) is 36.5 Å². The molecular weight excluding hydrogens is 334 g/mol. The number of rotatable bonds is 4. The van der Waals surface area contributed by atoms with Crippen molar-refractivity contribution < 1.29 is 9.34 Å². The molecule has 0 unspecified atom stereocenters. The highest BCUT2D eigenvalue weighted by Crippen LogP contribution is 2.27. The molecule has 0 amide bonds. The zero-order valence-corrected chi connectivity index (χ0v) is 14.0. The van der Waals surface area contributed by atoms with Gasteiger partial charge >= 0.3 is 0 Å². The van der Waals surface area contributed by atoms with Gasteiger partial charge in [0.1, 0.15) is 11.5 Å². The quantitative estimate of drug-likeness (QED) is 0.568. The number of benzene rings is 1. The molecule has 4 rings (SSSR count). The number of furan rings is 1. The zero-order chi connectivity index (χ0) is 18.1. The summed E-state index contributed by atoms with van der Waals surface area (Å²) < 4.78 is 5.90. The molecule has 8 nitrogen and oxygen atoms in total. The molecule has 0 bridgehead atoms. The summed E-state index contributed by atoms with van der Waals surface area (Å²) in [6.45, 7) is 2.25. The Kier molecular flexibility index (Phi) is 4.10. The standard InChI is InChI=1S/C18H17N5O3/c19-18-20-9-13-10-22(7-6-16(13)21-18)11-15-4-5-17(26-15)12-2-1-3-14(8-12)23(24)25/h1-5,8-9H,6-7,10-11H2,(H2,19,20,21). The average molecular weight is 351 g/mol. The monoisotopic (exact) mass is 351 g/mol. The van der Waals surface area contributed by atoms with Crippen molar-refractivity contribution in [1.29, 1.82) is 0 Å². The van der Waals surface area contributed by atoms with Crippen molar-refractivity contribution in [3.63, 3.8) is 0 Å². The van der Waals surface area contributed by atoms with Crippen LogP contribution in [0.1, 0.15) is 17.0 Å². The lowest BCUT2D eigenvalue weighted by Crippen LogP contribution is -2.30. The largest absolute Gasteiger partial charge is 0.460 e. The van der Waals surface area contributed by atoms with Gasteiger partial charge in [0.25, 0.3) is 5.69 Å². The average Bonchev–Trinajstić information content (AvgIpc) is 3.10. The van der Waals surface area contributed by atoms with Crippen LogP contribution in [-0.4, -0.2) is 26.3 Å². The van der Waals surface area contributed by atoms with Crippen molar-refractivity contribution in [2.75, 3.05) is 12.3 Å². The van der Waals surface area contributed by atoms with Gasteiger partial charge in [-0.1, -0.05) is 12.1 Å². The van der Waals surface area contributed by atoms with Crippen LogP contribution in [0.2, 0.25) is 0 Å². The van der Waals surface area contributed by atoms with E-state index in [-0.39, 0.29) is 5.69 Å². The highest BCUT2D eigenvalue weighted by molar-refractivity contribution is 5.61. The second kappa shape index (κ2) is 6.57. The Hall–Kier alpha value is -3.26. The normalized spacial score (nSPS) is 14.2. The molecule has 1 aromatic carbocycles. The molecule has 0 saturated heterocycles. The molecule has 0 radical (unpaired) electrons. The van der Waals surface area contributed by atoms with E-state index in [1.807, 2.05) is 12.1 Å². The summed E-state index contributed by atoms with van der Waals surface area (Å²) in [6, 6.07) is 10.2.